The molecule has 7 heteroatoms. The molecule has 2 aliphatic carbocycles. The zero-order chi connectivity index (χ0) is 13.6. The number of aromatic nitrogens is 3. The molecule has 1 aromatic heterocycles. The largest absolute Gasteiger partial charge is 0.301 e. The SMILES string of the molecule is CCCn1c(C2CC3CCC2C3)nnc1S(=O)(=O)Cl. The van der Waals surface area contributed by atoms with E-state index in [1.165, 1.54) is 19.3 Å². The number of halogens is 1. The van der Waals surface area contributed by atoms with Gasteiger partial charge in [-0.1, -0.05) is 13.3 Å². The van der Waals surface area contributed by atoms with E-state index in [0.717, 1.165) is 24.6 Å². The molecule has 0 spiro atoms. The maximum absolute atomic E-state index is 11.6. The molecule has 2 aliphatic rings. The molecule has 0 radical (unpaired) electrons. The molecule has 0 saturated heterocycles. The quantitative estimate of drug-likeness (QED) is 0.802. The predicted molar refractivity (Wildman–Crippen MR) is 71.5 cm³/mol. The second kappa shape index (κ2) is 4.74. The van der Waals surface area contributed by atoms with Gasteiger partial charge in [-0.25, -0.2) is 8.42 Å². The van der Waals surface area contributed by atoms with Gasteiger partial charge < -0.3 is 4.57 Å². The summed E-state index contributed by atoms with van der Waals surface area (Å²) in [6.45, 7) is 2.62. The minimum absolute atomic E-state index is 0.0891. The Morgan fingerprint density at radius 2 is 2.11 bits per heavy atom. The Hall–Kier alpha value is -0.620. The van der Waals surface area contributed by atoms with Crippen molar-refractivity contribution in [1.29, 1.82) is 0 Å². The van der Waals surface area contributed by atoms with Crippen molar-refractivity contribution in [3.05, 3.63) is 5.82 Å². The number of hydrogen-bond acceptors (Lipinski definition) is 4. The maximum atomic E-state index is 11.6. The van der Waals surface area contributed by atoms with Crippen LogP contribution < -0.4 is 0 Å². The molecule has 3 atom stereocenters. The van der Waals surface area contributed by atoms with Gasteiger partial charge in [-0.15, -0.1) is 10.2 Å². The summed E-state index contributed by atoms with van der Waals surface area (Å²) in [5.41, 5.74) is 0. The number of hydrogen-bond donors (Lipinski definition) is 0. The summed E-state index contributed by atoms with van der Waals surface area (Å²) in [5.74, 6) is 2.63. The highest BCUT2D eigenvalue weighted by molar-refractivity contribution is 8.13. The number of rotatable bonds is 4. The van der Waals surface area contributed by atoms with Gasteiger partial charge in [0, 0.05) is 23.1 Å². The first kappa shape index (κ1) is 13.4. The Morgan fingerprint density at radius 3 is 2.63 bits per heavy atom. The summed E-state index contributed by atoms with van der Waals surface area (Å²) in [4.78, 5) is 0. The molecule has 3 unspecified atom stereocenters. The third kappa shape index (κ3) is 2.29. The summed E-state index contributed by atoms with van der Waals surface area (Å²) in [6.07, 6.45) is 5.76. The average Bonchev–Trinajstić information content (AvgIpc) is 3.00. The Balaban J connectivity index is 2.00. The molecule has 106 valence electrons. The predicted octanol–water partition coefficient (Wildman–Crippen LogP) is 2.52. The first-order valence-corrected chi connectivity index (χ1v) is 9.19. The van der Waals surface area contributed by atoms with Crippen LogP contribution in [0.5, 0.6) is 0 Å². The summed E-state index contributed by atoms with van der Waals surface area (Å²) in [6, 6.07) is 0. The van der Waals surface area contributed by atoms with E-state index in [4.69, 9.17) is 10.7 Å². The molecular weight excluding hydrogens is 286 g/mol. The third-order valence-electron chi connectivity index (χ3n) is 4.48. The normalized spacial score (nSPS) is 30.1. The lowest BCUT2D eigenvalue weighted by Gasteiger charge is -2.21. The van der Waals surface area contributed by atoms with Crippen molar-refractivity contribution in [2.24, 2.45) is 11.8 Å². The molecule has 2 bridgehead atoms. The van der Waals surface area contributed by atoms with E-state index >= 15 is 0 Å². The van der Waals surface area contributed by atoms with Crippen LogP contribution in [0, 0.1) is 11.8 Å². The Bertz CT molecular complexity index is 584. The van der Waals surface area contributed by atoms with Crippen LogP contribution in [-0.4, -0.2) is 23.2 Å². The van der Waals surface area contributed by atoms with Crippen molar-refractivity contribution in [3.63, 3.8) is 0 Å². The van der Waals surface area contributed by atoms with Crippen molar-refractivity contribution < 1.29 is 8.42 Å². The van der Waals surface area contributed by atoms with Crippen LogP contribution in [0.1, 0.15) is 50.8 Å². The Labute approximate surface area is 117 Å². The van der Waals surface area contributed by atoms with Crippen LogP contribution >= 0.6 is 10.7 Å². The van der Waals surface area contributed by atoms with Crippen LogP contribution in [-0.2, 0) is 15.6 Å². The Kier molecular flexibility index (Phi) is 3.33. The molecule has 0 N–H and O–H groups in total. The van der Waals surface area contributed by atoms with Gasteiger partial charge in [0.15, 0.2) is 0 Å². The number of nitrogens with zero attached hydrogens (tertiary/aromatic N) is 3. The molecule has 19 heavy (non-hydrogen) atoms. The number of fused-ring (bicyclic) bond motifs is 2. The summed E-state index contributed by atoms with van der Waals surface area (Å²) >= 11 is 0. The van der Waals surface area contributed by atoms with Crippen LogP contribution in [0.3, 0.4) is 0 Å². The van der Waals surface area contributed by atoms with Gasteiger partial charge in [-0.3, -0.25) is 0 Å². The fourth-order valence-electron chi connectivity index (χ4n) is 3.75. The van der Waals surface area contributed by atoms with Crippen molar-refractivity contribution in [3.8, 4) is 0 Å². The third-order valence-corrected chi connectivity index (χ3v) is 5.63. The first-order valence-electron chi connectivity index (χ1n) is 6.88. The van der Waals surface area contributed by atoms with Gasteiger partial charge in [0.1, 0.15) is 5.82 Å². The van der Waals surface area contributed by atoms with Gasteiger partial charge in [0.2, 0.25) is 0 Å². The second-order valence-electron chi connectivity index (χ2n) is 5.71. The van der Waals surface area contributed by atoms with E-state index < -0.39 is 9.05 Å². The van der Waals surface area contributed by atoms with Gasteiger partial charge >= 0.3 is 0 Å². The fourth-order valence-corrected chi connectivity index (χ4v) is 4.68. The monoisotopic (exact) mass is 303 g/mol. The van der Waals surface area contributed by atoms with Crippen molar-refractivity contribution >= 4 is 19.7 Å². The standard InChI is InChI=1S/C12H18ClN3O2S/c1-2-5-16-11(14-15-12(16)19(13,17)18)10-7-8-3-4-9(10)6-8/h8-10H,2-7H2,1H3. The zero-order valence-electron chi connectivity index (χ0n) is 10.9. The van der Waals surface area contributed by atoms with Gasteiger partial charge in [0.25, 0.3) is 14.2 Å². The van der Waals surface area contributed by atoms with Gasteiger partial charge in [0.05, 0.1) is 0 Å². The van der Waals surface area contributed by atoms with Crippen molar-refractivity contribution in [2.75, 3.05) is 0 Å². The smallest absolute Gasteiger partial charge is 0.296 e. The fraction of sp³-hybridized carbons (Fsp3) is 0.833. The van der Waals surface area contributed by atoms with Gasteiger partial charge in [-0.05, 0) is 37.5 Å². The first-order chi connectivity index (χ1) is 9.00. The van der Waals surface area contributed by atoms with E-state index in [2.05, 4.69) is 10.2 Å². The highest BCUT2D eigenvalue weighted by atomic mass is 35.7. The maximum Gasteiger partial charge on any atom is 0.296 e. The highest BCUT2D eigenvalue weighted by Crippen LogP contribution is 2.52. The lowest BCUT2D eigenvalue weighted by atomic mass is 9.88. The Morgan fingerprint density at radius 1 is 1.32 bits per heavy atom. The second-order valence-corrected chi connectivity index (χ2v) is 8.17. The summed E-state index contributed by atoms with van der Waals surface area (Å²) in [7, 11) is 1.63. The molecule has 1 aromatic rings. The molecule has 2 saturated carbocycles. The topological polar surface area (TPSA) is 64.8 Å². The van der Waals surface area contributed by atoms with Crippen molar-refractivity contribution in [2.45, 2.75) is 56.6 Å². The van der Waals surface area contributed by atoms with Crippen LogP contribution in [0.25, 0.3) is 0 Å². The van der Waals surface area contributed by atoms with E-state index in [0.29, 0.717) is 18.4 Å². The highest BCUT2D eigenvalue weighted by Gasteiger charge is 2.43. The van der Waals surface area contributed by atoms with Crippen LogP contribution in [0.2, 0.25) is 0 Å². The molecule has 1 heterocycles. The van der Waals surface area contributed by atoms with Crippen LogP contribution in [0.15, 0.2) is 5.16 Å². The molecule has 0 aliphatic heterocycles. The summed E-state index contributed by atoms with van der Waals surface area (Å²) < 4.78 is 24.8. The molecule has 0 amide bonds. The lowest BCUT2D eigenvalue weighted by molar-refractivity contribution is 0.388. The molecule has 2 fully saturated rings. The van der Waals surface area contributed by atoms with E-state index in [9.17, 15) is 8.42 Å². The van der Waals surface area contributed by atoms with E-state index in [1.54, 1.807) is 4.57 Å². The molecule has 0 aromatic carbocycles. The minimum atomic E-state index is -3.82. The zero-order valence-corrected chi connectivity index (χ0v) is 12.5. The molecule has 3 rings (SSSR count). The average molecular weight is 304 g/mol. The molecule has 5 nitrogen and oxygen atoms in total. The van der Waals surface area contributed by atoms with Crippen LogP contribution in [0.4, 0.5) is 0 Å². The molecular formula is C12H18ClN3O2S. The minimum Gasteiger partial charge on any atom is -0.301 e. The van der Waals surface area contributed by atoms with E-state index in [-0.39, 0.29) is 5.16 Å². The van der Waals surface area contributed by atoms with Gasteiger partial charge in [-0.2, -0.15) is 0 Å². The van der Waals surface area contributed by atoms with Crippen molar-refractivity contribution in [1.82, 2.24) is 14.8 Å². The van der Waals surface area contributed by atoms with E-state index in [1.807, 2.05) is 6.92 Å². The lowest BCUT2D eigenvalue weighted by Crippen LogP contribution is -2.16. The summed E-state index contributed by atoms with van der Waals surface area (Å²) in [5, 5.41) is 7.89.